The summed E-state index contributed by atoms with van der Waals surface area (Å²) < 4.78 is 6.80. The van der Waals surface area contributed by atoms with Crippen LogP contribution in [-0.4, -0.2) is 56.4 Å². The summed E-state index contributed by atoms with van der Waals surface area (Å²) in [6.45, 7) is 4.10. The van der Waals surface area contributed by atoms with Crippen LogP contribution in [0.1, 0.15) is 32.9 Å². The monoisotopic (exact) mass is 544 g/mol. The summed E-state index contributed by atoms with van der Waals surface area (Å²) in [4.78, 5) is 49.1. The molecule has 0 saturated heterocycles. The first-order chi connectivity index (χ1) is 19.3. The van der Waals surface area contributed by atoms with Crippen LogP contribution in [-0.2, 0) is 13.0 Å². The molecule has 3 N–H and O–H groups in total. The van der Waals surface area contributed by atoms with Crippen LogP contribution in [0.4, 0.5) is 22.1 Å². The molecule has 0 saturated carbocycles. The third kappa shape index (κ3) is 5.16. The SMILES string of the molecule is Cc1ccoc1C(=O)Nc1ccc(-n2ccc(C)c(N3CCc4nc(N(CCO)C(=O)O)ncc4C3)c2=O)cc1. The molecule has 3 aromatic heterocycles. The Hall–Kier alpha value is -4.97. The number of aliphatic hydroxyl groups is 1. The first-order valence-electron chi connectivity index (χ1n) is 12.7. The maximum Gasteiger partial charge on any atom is 0.414 e. The van der Waals surface area contributed by atoms with E-state index in [0.717, 1.165) is 21.6 Å². The van der Waals surface area contributed by atoms with Gasteiger partial charge >= 0.3 is 6.09 Å². The topological polar surface area (TPSA) is 154 Å². The zero-order chi connectivity index (χ0) is 28.4. The minimum absolute atomic E-state index is 0.0194. The summed E-state index contributed by atoms with van der Waals surface area (Å²) in [7, 11) is 0. The van der Waals surface area contributed by atoms with Gasteiger partial charge in [0.2, 0.25) is 5.95 Å². The maximum atomic E-state index is 13.7. The lowest BCUT2D eigenvalue weighted by molar-refractivity contribution is 0.0996. The van der Waals surface area contributed by atoms with Crippen LogP contribution in [0.25, 0.3) is 5.69 Å². The van der Waals surface area contributed by atoms with Crippen molar-refractivity contribution >= 4 is 29.3 Å². The second-order valence-corrected chi connectivity index (χ2v) is 9.43. The maximum absolute atomic E-state index is 13.7. The van der Waals surface area contributed by atoms with Crippen molar-refractivity contribution in [1.82, 2.24) is 14.5 Å². The highest BCUT2D eigenvalue weighted by atomic mass is 16.4. The van der Waals surface area contributed by atoms with Crippen molar-refractivity contribution in [2.24, 2.45) is 0 Å². The molecule has 5 rings (SSSR count). The number of amides is 2. The van der Waals surface area contributed by atoms with Gasteiger partial charge in [0, 0.05) is 54.4 Å². The van der Waals surface area contributed by atoms with Crippen molar-refractivity contribution in [2.75, 3.05) is 34.8 Å². The predicted octanol–water partition coefficient (Wildman–Crippen LogP) is 3.13. The van der Waals surface area contributed by atoms with Crippen molar-refractivity contribution in [3.8, 4) is 5.69 Å². The van der Waals surface area contributed by atoms with Crippen LogP contribution in [0.3, 0.4) is 0 Å². The van der Waals surface area contributed by atoms with E-state index in [1.165, 1.54) is 6.26 Å². The van der Waals surface area contributed by atoms with E-state index < -0.39 is 6.09 Å². The molecule has 1 aliphatic rings. The van der Waals surface area contributed by atoms with Crippen LogP contribution < -0.4 is 20.7 Å². The fraction of sp³-hybridized carbons (Fsp3) is 0.250. The van der Waals surface area contributed by atoms with Gasteiger partial charge in [0.25, 0.3) is 11.5 Å². The van der Waals surface area contributed by atoms with Crippen molar-refractivity contribution in [3.63, 3.8) is 0 Å². The number of nitrogens with one attached hydrogen (secondary N) is 1. The second kappa shape index (κ2) is 11.0. The number of aromatic nitrogens is 3. The minimum atomic E-state index is -1.24. The molecule has 4 aromatic rings. The van der Waals surface area contributed by atoms with E-state index in [1.54, 1.807) is 54.2 Å². The van der Waals surface area contributed by atoms with E-state index >= 15 is 0 Å². The highest BCUT2D eigenvalue weighted by molar-refractivity contribution is 6.03. The highest BCUT2D eigenvalue weighted by Crippen LogP contribution is 2.25. The smallest absolute Gasteiger partial charge is 0.414 e. The summed E-state index contributed by atoms with van der Waals surface area (Å²) in [5, 5.41) is 21.4. The van der Waals surface area contributed by atoms with E-state index in [9.17, 15) is 24.6 Å². The van der Waals surface area contributed by atoms with Gasteiger partial charge in [0.05, 0.1) is 25.1 Å². The molecular formula is C28H28N6O6. The average Bonchev–Trinajstić information content (AvgIpc) is 3.38. The van der Waals surface area contributed by atoms with Gasteiger partial charge in [-0.05, 0) is 55.8 Å². The Kier molecular flexibility index (Phi) is 7.34. The molecule has 0 aliphatic carbocycles. The van der Waals surface area contributed by atoms with E-state index in [0.29, 0.717) is 42.3 Å². The van der Waals surface area contributed by atoms with Crippen molar-refractivity contribution < 1.29 is 24.2 Å². The molecule has 12 nitrogen and oxygen atoms in total. The number of aliphatic hydroxyl groups excluding tert-OH is 1. The van der Waals surface area contributed by atoms with E-state index in [4.69, 9.17) is 4.42 Å². The molecule has 0 unspecified atom stereocenters. The zero-order valence-corrected chi connectivity index (χ0v) is 22.0. The molecule has 0 spiro atoms. The lowest BCUT2D eigenvalue weighted by Crippen LogP contribution is -2.38. The third-order valence-corrected chi connectivity index (χ3v) is 6.77. The molecule has 0 radical (unpaired) electrons. The molecule has 2 amide bonds. The molecule has 0 bridgehead atoms. The number of furan rings is 1. The minimum Gasteiger partial charge on any atom is -0.465 e. The quantitative estimate of drug-likeness (QED) is 0.318. The van der Waals surface area contributed by atoms with Crippen molar-refractivity contribution in [3.05, 3.63) is 93.6 Å². The van der Waals surface area contributed by atoms with Gasteiger partial charge in [-0.3, -0.25) is 14.2 Å². The fourth-order valence-electron chi connectivity index (χ4n) is 4.71. The number of carbonyl (C=O) groups is 2. The molecule has 206 valence electrons. The lowest BCUT2D eigenvalue weighted by Gasteiger charge is -2.31. The number of hydrogen-bond acceptors (Lipinski definition) is 8. The number of carboxylic acid groups (broad SMARTS) is 1. The van der Waals surface area contributed by atoms with Crippen molar-refractivity contribution in [2.45, 2.75) is 26.8 Å². The Bertz CT molecular complexity index is 1630. The Morgan fingerprint density at radius 1 is 1.12 bits per heavy atom. The lowest BCUT2D eigenvalue weighted by atomic mass is 10.1. The molecule has 12 heteroatoms. The van der Waals surface area contributed by atoms with E-state index in [1.807, 2.05) is 17.9 Å². The van der Waals surface area contributed by atoms with E-state index in [-0.39, 0.29) is 36.3 Å². The molecule has 1 aliphatic heterocycles. The second-order valence-electron chi connectivity index (χ2n) is 9.43. The van der Waals surface area contributed by atoms with Gasteiger partial charge in [-0.2, -0.15) is 0 Å². The number of fused-ring (bicyclic) bond motifs is 1. The predicted molar refractivity (Wildman–Crippen MR) is 147 cm³/mol. The van der Waals surface area contributed by atoms with Gasteiger partial charge in [0.15, 0.2) is 5.76 Å². The Morgan fingerprint density at radius 2 is 1.90 bits per heavy atom. The number of anilines is 3. The standard InChI is InChI=1S/C28H28N6O6/c1-17-7-11-33(21-5-3-20(4-6-21)30-25(36)24-18(2)9-14-40-24)26(37)23(17)32-10-8-22-19(16-32)15-29-27(31-22)34(12-13-35)28(38)39/h3-7,9,11,14-15,35H,8,10,12-13,16H2,1-2H3,(H,30,36)(H,38,39). The van der Waals surface area contributed by atoms with Crippen LogP contribution in [0.15, 0.2) is 64.3 Å². The summed E-state index contributed by atoms with van der Waals surface area (Å²) in [6.07, 6.45) is 4.01. The molecule has 0 fully saturated rings. The number of aryl methyl sites for hydroxylation is 2. The summed E-state index contributed by atoms with van der Waals surface area (Å²) in [5.74, 6) is -0.0842. The van der Waals surface area contributed by atoms with Crippen molar-refractivity contribution in [1.29, 1.82) is 0 Å². The van der Waals surface area contributed by atoms with Crippen LogP contribution >= 0.6 is 0 Å². The largest absolute Gasteiger partial charge is 0.465 e. The third-order valence-electron chi connectivity index (χ3n) is 6.77. The number of nitrogens with zero attached hydrogens (tertiary/aromatic N) is 5. The zero-order valence-electron chi connectivity index (χ0n) is 22.0. The van der Waals surface area contributed by atoms with Gasteiger partial charge in [0.1, 0.15) is 5.69 Å². The number of carbonyl (C=O) groups excluding carboxylic acids is 1. The normalized spacial score (nSPS) is 12.6. The number of hydrogen-bond donors (Lipinski definition) is 3. The van der Waals surface area contributed by atoms with E-state index in [2.05, 4.69) is 15.3 Å². The van der Waals surface area contributed by atoms with Gasteiger partial charge in [-0.15, -0.1) is 0 Å². The fourth-order valence-corrected chi connectivity index (χ4v) is 4.71. The first kappa shape index (κ1) is 26.6. The van der Waals surface area contributed by atoms with Crippen LogP contribution in [0, 0.1) is 13.8 Å². The molecule has 4 heterocycles. The molecule has 1 aromatic carbocycles. The van der Waals surface area contributed by atoms with Gasteiger partial charge in [-0.1, -0.05) is 0 Å². The number of pyridine rings is 1. The number of rotatable bonds is 7. The average molecular weight is 545 g/mol. The summed E-state index contributed by atoms with van der Waals surface area (Å²) >= 11 is 0. The highest BCUT2D eigenvalue weighted by Gasteiger charge is 2.25. The Morgan fingerprint density at radius 3 is 2.58 bits per heavy atom. The molecular weight excluding hydrogens is 516 g/mol. The van der Waals surface area contributed by atoms with Crippen LogP contribution in [0.5, 0.6) is 0 Å². The number of benzene rings is 1. The van der Waals surface area contributed by atoms with Crippen LogP contribution in [0.2, 0.25) is 0 Å². The summed E-state index contributed by atoms with van der Waals surface area (Å²) in [6, 6.07) is 10.6. The van der Waals surface area contributed by atoms with Gasteiger partial charge < -0.3 is 24.8 Å². The molecule has 0 atom stereocenters. The first-order valence-corrected chi connectivity index (χ1v) is 12.7. The Balaban J connectivity index is 1.37. The molecule has 40 heavy (non-hydrogen) atoms. The van der Waals surface area contributed by atoms with Gasteiger partial charge in [-0.25, -0.2) is 19.7 Å². The Labute approximate surface area is 229 Å². The summed E-state index contributed by atoms with van der Waals surface area (Å²) in [5.41, 5.74) is 4.63.